The van der Waals surface area contributed by atoms with E-state index in [1.807, 2.05) is 12.1 Å². The number of nitrogens with one attached hydrogen (secondary N) is 2. The molecule has 3 N–H and O–H groups in total. The van der Waals surface area contributed by atoms with E-state index in [1.54, 1.807) is 17.0 Å². The molecule has 3 amide bonds. The molecule has 0 spiro atoms. The van der Waals surface area contributed by atoms with E-state index in [-0.39, 0.29) is 18.0 Å². The zero-order valence-corrected chi connectivity index (χ0v) is 20.2. The minimum Gasteiger partial charge on any atom is -0.492 e. The van der Waals surface area contributed by atoms with Gasteiger partial charge in [0.1, 0.15) is 12.4 Å². The van der Waals surface area contributed by atoms with Crippen molar-refractivity contribution in [2.24, 2.45) is 0 Å². The Morgan fingerprint density at radius 3 is 2.38 bits per heavy atom. The summed E-state index contributed by atoms with van der Waals surface area (Å²) in [7, 11) is 0. The van der Waals surface area contributed by atoms with Gasteiger partial charge in [0.05, 0.1) is 12.1 Å². The molecule has 3 aliphatic rings. The van der Waals surface area contributed by atoms with Crippen LogP contribution in [0.4, 0.5) is 4.79 Å². The van der Waals surface area contributed by atoms with Gasteiger partial charge in [0.15, 0.2) is 0 Å². The lowest BCUT2D eigenvalue weighted by Crippen LogP contribution is -2.53. The van der Waals surface area contributed by atoms with Crippen LogP contribution in [0.5, 0.6) is 5.75 Å². The molecule has 0 aromatic heterocycles. The monoisotopic (exact) mass is 472 g/mol. The lowest BCUT2D eigenvalue weighted by atomic mass is 9.96. The largest absolute Gasteiger partial charge is 0.492 e. The summed E-state index contributed by atoms with van der Waals surface area (Å²) in [6, 6.07) is 6.77. The molecule has 2 atom stereocenters. The van der Waals surface area contributed by atoms with E-state index in [1.165, 1.54) is 19.3 Å². The molecule has 1 saturated carbocycles. The maximum absolute atomic E-state index is 12.9. The number of aliphatic hydroxyl groups excluding tert-OH is 1. The average Bonchev–Trinajstić information content (AvgIpc) is 3.30. The molecule has 188 valence electrons. The number of carbonyl (C=O) groups is 2. The van der Waals surface area contributed by atoms with Crippen LogP contribution in [0.15, 0.2) is 24.3 Å². The van der Waals surface area contributed by atoms with E-state index < -0.39 is 12.1 Å². The van der Waals surface area contributed by atoms with E-state index in [0.29, 0.717) is 31.7 Å². The third-order valence-corrected chi connectivity index (χ3v) is 7.34. The first kappa shape index (κ1) is 24.8. The van der Waals surface area contributed by atoms with Crippen molar-refractivity contribution in [2.75, 3.05) is 39.3 Å². The Morgan fingerprint density at radius 2 is 1.65 bits per heavy atom. The zero-order chi connectivity index (χ0) is 23.8. The van der Waals surface area contributed by atoms with E-state index in [9.17, 15) is 14.7 Å². The number of likely N-dealkylation sites (tertiary alicyclic amines) is 2. The fourth-order valence-electron chi connectivity index (χ4n) is 5.24. The molecular weight excluding hydrogens is 432 g/mol. The maximum atomic E-state index is 12.9. The maximum Gasteiger partial charge on any atom is 0.317 e. The highest BCUT2D eigenvalue weighted by Crippen LogP contribution is 2.19. The Kier molecular flexibility index (Phi) is 9.04. The number of aliphatic hydroxyl groups is 1. The second-order valence-corrected chi connectivity index (χ2v) is 9.94. The van der Waals surface area contributed by atoms with Crippen LogP contribution in [0.1, 0.15) is 68.1 Å². The van der Waals surface area contributed by atoms with Crippen molar-refractivity contribution < 1.29 is 19.4 Å². The van der Waals surface area contributed by atoms with Gasteiger partial charge in [0, 0.05) is 31.2 Å². The summed E-state index contributed by atoms with van der Waals surface area (Å²) < 4.78 is 5.82. The van der Waals surface area contributed by atoms with E-state index >= 15 is 0 Å². The standard InChI is InChI=1S/C26H40N4O4/c31-24-9-6-16-30(26(33)27-21-7-2-1-3-8-21)19-23(24)28-25(32)20-10-12-22(13-11-20)34-18-17-29-14-4-5-15-29/h10-13,21,23-24,31H,1-9,14-19H2,(H,27,33)(H,28,32)/t23-,24+/m0/s1. The molecule has 0 unspecified atom stereocenters. The molecule has 2 aliphatic heterocycles. The fourth-order valence-corrected chi connectivity index (χ4v) is 5.24. The van der Waals surface area contributed by atoms with Gasteiger partial charge in [0.25, 0.3) is 5.91 Å². The first-order valence-electron chi connectivity index (χ1n) is 13.1. The number of carbonyl (C=O) groups excluding carboxylic acids is 2. The van der Waals surface area contributed by atoms with Crippen molar-refractivity contribution in [1.29, 1.82) is 0 Å². The molecule has 0 radical (unpaired) electrons. The number of benzene rings is 1. The van der Waals surface area contributed by atoms with Crippen molar-refractivity contribution in [3.05, 3.63) is 29.8 Å². The molecule has 2 saturated heterocycles. The molecule has 2 heterocycles. The van der Waals surface area contributed by atoms with Crippen molar-refractivity contribution in [2.45, 2.75) is 76.0 Å². The summed E-state index contributed by atoms with van der Waals surface area (Å²) >= 11 is 0. The van der Waals surface area contributed by atoms with E-state index in [4.69, 9.17) is 4.74 Å². The third-order valence-electron chi connectivity index (χ3n) is 7.34. The van der Waals surface area contributed by atoms with Gasteiger partial charge in [-0.15, -0.1) is 0 Å². The van der Waals surface area contributed by atoms with E-state index in [2.05, 4.69) is 15.5 Å². The predicted octanol–water partition coefficient (Wildman–Crippen LogP) is 2.76. The summed E-state index contributed by atoms with van der Waals surface area (Å²) in [6.07, 6.45) is 8.74. The number of hydrogen-bond acceptors (Lipinski definition) is 5. The van der Waals surface area contributed by atoms with Crippen molar-refractivity contribution in [3.8, 4) is 5.75 Å². The van der Waals surface area contributed by atoms with Crippen LogP contribution in [0.2, 0.25) is 0 Å². The van der Waals surface area contributed by atoms with Crippen LogP contribution >= 0.6 is 0 Å². The number of amides is 3. The molecule has 3 fully saturated rings. The molecule has 1 aromatic rings. The van der Waals surface area contributed by atoms with Crippen LogP contribution in [0.25, 0.3) is 0 Å². The van der Waals surface area contributed by atoms with Gasteiger partial charge in [0.2, 0.25) is 0 Å². The molecule has 1 aromatic carbocycles. The Morgan fingerprint density at radius 1 is 0.912 bits per heavy atom. The van der Waals surface area contributed by atoms with Crippen molar-refractivity contribution >= 4 is 11.9 Å². The van der Waals surface area contributed by atoms with E-state index in [0.717, 1.165) is 57.5 Å². The van der Waals surface area contributed by atoms with Crippen LogP contribution in [-0.2, 0) is 0 Å². The van der Waals surface area contributed by atoms with Gasteiger partial charge in [-0.3, -0.25) is 9.69 Å². The highest BCUT2D eigenvalue weighted by atomic mass is 16.5. The quantitative estimate of drug-likeness (QED) is 0.567. The summed E-state index contributed by atoms with van der Waals surface area (Å²) in [5, 5.41) is 16.7. The molecule has 1 aliphatic carbocycles. The number of rotatable bonds is 7. The number of urea groups is 1. The molecule has 8 heteroatoms. The van der Waals surface area contributed by atoms with Crippen LogP contribution in [-0.4, -0.2) is 84.4 Å². The number of ether oxygens (including phenoxy) is 1. The smallest absolute Gasteiger partial charge is 0.317 e. The van der Waals surface area contributed by atoms with Gasteiger partial charge in [-0.1, -0.05) is 19.3 Å². The molecule has 34 heavy (non-hydrogen) atoms. The van der Waals surface area contributed by atoms with Crippen LogP contribution in [0, 0.1) is 0 Å². The average molecular weight is 473 g/mol. The minimum absolute atomic E-state index is 0.0873. The Labute approximate surface area is 203 Å². The lowest BCUT2D eigenvalue weighted by Gasteiger charge is -2.30. The molecule has 0 bridgehead atoms. The first-order chi connectivity index (χ1) is 16.6. The Bertz CT molecular complexity index is 790. The second-order valence-electron chi connectivity index (χ2n) is 9.94. The van der Waals surface area contributed by atoms with Crippen LogP contribution in [0.3, 0.4) is 0 Å². The van der Waals surface area contributed by atoms with Gasteiger partial charge in [-0.05, 0) is 75.9 Å². The summed E-state index contributed by atoms with van der Waals surface area (Å²) in [4.78, 5) is 29.9. The summed E-state index contributed by atoms with van der Waals surface area (Å²) in [6.45, 7) is 4.75. The van der Waals surface area contributed by atoms with Crippen LogP contribution < -0.4 is 15.4 Å². The van der Waals surface area contributed by atoms with Gasteiger partial charge < -0.3 is 25.4 Å². The highest BCUT2D eigenvalue weighted by Gasteiger charge is 2.30. The first-order valence-corrected chi connectivity index (χ1v) is 13.1. The molecular formula is C26H40N4O4. The molecule has 4 rings (SSSR count). The predicted molar refractivity (Wildman–Crippen MR) is 131 cm³/mol. The summed E-state index contributed by atoms with van der Waals surface area (Å²) in [5.74, 6) is 0.498. The lowest BCUT2D eigenvalue weighted by molar-refractivity contribution is 0.0808. The van der Waals surface area contributed by atoms with Gasteiger partial charge in [-0.25, -0.2) is 4.79 Å². The second kappa shape index (κ2) is 12.4. The minimum atomic E-state index is -0.676. The zero-order valence-electron chi connectivity index (χ0n) is 20.2. The normalized spacial score (nSPS) is 24.4. The highest BCUT2D eigenvalue weighted by molar-refractivity contribution is 5.94. The fraction of sp³-hybridized carbons (Fsp3) is 0.692. The van der Waals surface area contributed by atoms with Crippen molar-refractivity contribution in [1.82, 2.24) is 20.4 Å². The van der Waals surface area contributed by atoms with Gasteiger partial charge >= 0.3 is 6.03 Å². The number of hydrogen-bond donors (Lipinski definition) is 3. The van der Waals surface area contributed by atoms with Gasteiger partial charge in [-0.2, -0.15) is 0 Å². The molecule has 8 nitrogen and oxygen atoms in total. The SMILES string of the molecule is O=C(N[C@H]1CN(C(=O)NC2CCCCC2)CCC[C@H]1O)c1ccc(OCCN2CCCC2)cc1. The Hall–Kier alpha value is -2.32. The Balaban J connectivity index is 1.27. The third kappa shape index (κ3) is 7.09. The summed E-state index contributed by atoms with van der Waals surface area (Å²) in [5.41, 5.74) is 0.515. The van der Waals surface area contributed by atoms with Crippen molar-refractivity contribution in [3.63, 3.8) is 0 Å². The number of nitrogens with zero attached hydrogens (tertiary/aromatic N) is 2. The topological polar surface area (TPSA) is 94.1 Å².